The second-order valence-corrected chi connectivity index (χ2v) is 5.65. The molecule has 3 aromatic rings. The number of aromatic amines is 4. The third-order valence-corrected chi connectivity index (χ3v) is 4.13. The zero-order valence-electron chi connectivity index (χ0n) is 13.2. The van der Waals surface area contributed by atoms with Gasteiger partial charge in [0.1, 0.15) is 0 Å². The first-order valence-electron chi connectivity index (χ1n) is 7.34. The molecule has 0 radical (unpaired) electrons. The summed E-state index contributed by atoms with van der Waals surface area (Å²) in [6.45, 7) is 3.52. The molecule has 3 rings (SSSR count). The van der Waals surface area contributed by atoms with E-state index >= 15 is 0 Å². The van der Waals surface area contributed by atoms with Crippen molar-refractivity contribution in [3.05, 3.63) is 78.6 Å². The van der Waals surface area contributed by atoms with Crippen LogP contribution < -0.4 is 16.9 Å². The van der Waals surface area contributed by atoms with E-state index in [1.165, 1.54) is 0 Å². The van der Waals surface area contributed by atoms with Gasteiger partial charge in [-0.15, -0.1) is 0 Å². The number of primary amides is 1. The van der Waals surface area contributed by atoms with E-state index in [9.17, 15) is 14.4 Å². The Hall–Kier alpha value is -3.29. The lowest BCUT2D eigenvalue weighted by atomic mass is 9.85. The third-order valence-electron chi connectivity index (χ3n) is 4.13. The van der Waals surface area contributed by atoms with Gasteiger partial charge in [-0.25, -0.2) is 0 Å². The van der Waals surface area contributed by atoms with E-state index < -0.39 is 11.8 Å². The molecule has 0 atom stereocenters. The number of hydrogen-bond donors (Lipinski definition) is 5. The topological polar surface area (TPSA) is 140 Å². The van der Waals surface area contributed by atoms with Gasteiger partial charge in [-0.05, 0) is 31.5 Å². The number of aryl methyl sites for hydroxylation is 2. The van der Waals surface area contributed by atoms with Gasteiger partial charge in [0, 0.05) is 22.9 Å². The first-order valence-corrected chi connectivity index (χ1v) is 7.34. The van der Waals surface area contributed by atoms with E-state index in [1.54, 1.807) is 38.1 Å². The van der Waals surface area contributed by atoms with Crippen LogP contribution in [0.3, 0.4) is 0 Å². The number of amides is 1. The number of nitrogens with two attached hydrogens (primary N) is 1. The number of aromatic nitrogens is 4. The van der Waals surface area contributed by atoms with Crippen molar-refractivity contribution in [1.82, 2.24) is 20.4 Å². The molecule has 8 nitrogen and oxygen atoms in total. The summed E-state index contributed by atoms with van der Waals surface area (Å²) < 4.78 is 0. The van der Waals surface area contributed by atoms with Crippen molar-refractivity contribution < 1.29 is 4.79 Å². The highest BCUT2D eigenvalue weighted by Crippen LogP contribution is 2.30. The molecule has 6 N–H and O–H groups in total. The Morgan fingerprint density at radius 1 is 0.875 bits per heavy atom. The van der Waals surface area contributed by atoms with Crippen molar-refractivity contribution in [3.8, 4) is 0 Å². The van der Waals surface area contributed by atoms with Gasteiger partial charge in [0.15, 0.2) is 0 Å². The number of carbonyl (C=O) groups is 1. The summed E-state index contributed by atoms with van der Waals surface area (Å²) in [6.07, 6.45) is 0. The van der Waals surface area contributed by atoms with Crippen LogP contribution in [0.15, 0.2) is 33.9 Å². The minimum absolute atomic E-state index is 0.295. The summed E-state index contributed by atoms with van der Waals surface area (Å²) in [4.78, 5) is 35.8. The number of carbonyl (C=O) groups excluding carboxylic acids is 1. The number of rotatable bonds is 4. The summed E-state index contributed by atoms with van der Waals surface area (Å²) >= 11 is 0. The summed E-state index contributed by atoms with van der Waals surface area (Å²) in [7, 11) is 0. The molecule has 8 heteroatoms. The lowest BCUT2D eigenvalue weighted by Crippen LogP contribution is -2.20. The van der Waals surface area contributed by atoms with Crippen molar-refractivity contribution >= 4 is 5.91 Å². The minimum Gasteiger partial charge on any atom is -0.366 e. The van der Waals surface area contributed by atoms with Gasteiger partial charge in [0.2, 0.25) is 5.91 Å². The van der Waals surface area contributed by atoms with E-state index in [2.05, 4.69) is 20.4 Å². The zero-order chi connectivity index (χ0) is 17.4. The normalized spacial score (nSPS) is 11.1. The third kappa shape index (κ3) is 2.47. The Bertz CT molecular complexity index is 949. The van der Waals surface area contributed by atoms with Crippen molar-refractivity contribution in [2.45, 2.75) is 19.8 Å². The van der Waals surface area contributed by atoms with Crippen molar-refractivity contribution in [1.29, 1.82) is 0 Å². The molecule has 0 aliphatic rings. The molecule has 0 aliphatic carbocycles. The molecule has 0 aliphatic heterocycles. The Labute approximate surface area is 136 Å². The van der Waals surface area contributed by atoms with E-state index in [0.717, 1.165) is 0 Å². The predicted octanol–water partition coefficient (Wildman–Crippen LogP) is 0.615. The van der Waals surface area contributed by atoms with Crippen molar-refractivity contribution in [3.63, 3.8) is 0 Å². The lowest BCUT2D eigenvalue weighted by molar-refractivity contribution is 0.100. The van der Waals surface area contributed by atoms with Crippen molar-refractivity contribution in [2.75, 3.05) is 0 Å². The van der Waals surface area contributed by atoms with Gasteiger partial charge in [-0.3, -0.25) is 24.6 Å². The molecule has 124 valence electrons. The maximum absolute atomic E-state index is 12.3. The Morgan fingerprint density at radius 3 is 1.67 bits per heavy atom. The molecule has 0 saturated heterocycles. The quantitative estimate of drug-likeness (QED) is 0.479. The highest BCUT2D eigenvalue weighted by atomic mass is 16.1. The largest absolute Gasteiger partial charge is 0.366 e. The molecule has 0 spiro atoms. The number of hydrogen-bond acceptors (Lipinski definition) is 3. The summed E-state index contributed by atoms with van der Waals surface area (Å²) in [5.74, 6) is -1.11. The van der Waals surface area contributed by atoms with Crippen LogP contribution in [0.25, 0.3) is 0 Å². The van der Waals surface area contributed by atoms with E-state index in [1.807, 2.05) is 0 Å². The predicted molar refractivity (Wildman–Crippen MR) is 88.2 cm³/mol. The molecular weight excluding hydrogens is 310 g/mol. The second kappa shape index (κ2) is 5.73. The molecule has 0 saturated carbocycles. The smallest absolute Gasteiger partial charge is 0.268 e. The Balaban J connectivity index is 2.25. The van der Waals surface area contributed by atoms with Crippen LogP contribution in [0.1, 0.15) is 44.4 Å². The lowest BCUT2D eigenvalue weighted by Gasteiger charge is -2.16. The zero-order valence-corrected chi connectivity index (χ0v) is 13.2. The van der Waals surface area contributed by atoms with Crippen LogP contribution in [0, 0.1) is 13.8 Å². The molecule has 1 aromatic carbocycles. The van der Waals surface area contributed by atoms with E-state index in [-0.39, 0.29) is 11.1 Å². The molecule has 2 heterocycles. The van der Waals surface area contributed by atoms with Gasteiger partial charge >= 0.3 is 0 Å². The Morgan fingerprint density at radius 2 is 1.33 bits per heavy atom. The molecule has 0 bridgehead atoms. The highest BCUT2D eigenvalue weighted by Gasteiger charge is 2.27. The molecule has 0 fully saturated rings. The summed E-state index contributed by atoms with van der Waals surface area (Å²) in [5.41, 5.74) is 7.94. The number of benzene rings is 1. The fraction of sp³-hybridized carbons (Fsp3) is 0.188. The van der Waals surface area contributed by atoms with Gasteiger partial charge < -0.3 is 15.9 Å². The van der Waals surface area contributed by atoms with Crippen LogP contribution in [0.2, 0.25) is 0 Å². The molecule has 0 unspecified atom stereocenters. The van der Waals surface area contributed by atoms with Crippen molar-refractivity contribution in [2.24, 2.45) is 5.73 Å². The summed E-state index contributed by atoms with van der Waals surface area (Å²) in [6, 6.07) is 6.55. The van der Waals surface area contributed by atoms with Crippen LogP contribution in [-0.2, 0) is 0 Å². The average Bonchev–Trinajstić information content (AvgIpc) is 3.05. The van der Waals surface area contributed by atoms with Crippen LogP contribution in [0.5, 0.6) is 0 Å². The van der Waals surface area contributed by atoms with Gasteiger partial charge in [-0.1, -0.05) is 12.1 Å². The highest BCUT2D eigenvalue weighted by molar-refractivity contribution is 5.92. The second-order valence-electron chi connectivity index (χ2n) is 5.65. The van der Waals surface area contributed by atoms with Gasteiger partial charge in [-0.2, -0.15) is 0 Å². The minimum atomic E-state index is -0.572. The monoisotopic (exact) mass is 327 g/mol. The molecule has 24 heavy (non-hydrogen) atoms. The average molecular weight is 327 g/mol. The summed E-state index contributed by atoms with van der Waals surface area (Å²) in [5, 5.41) is 10.6. The SMILES string of the molecule is Cc1[nH][nH]c(=O)c1C(c1ccc(C(N)=O)cc1)c1c(C)[nH][nH]c1=O. The first kappa shape index (κ1) is 15.6. The van der Waals surface area contributed by atoms with E-state index in [4.69, 9.17) is 5.73 Å². The maximum atomic E-state index is 12.3. The van der Waals surface area contributed by atoms with Crippen LogP contribution in [-0.4, -0.2) is 26.3 Å². The molecule has 1 amide bonds. The standard InChI is InChI=1S/C16H17N5O3/c1-7-11(15(23)20-18-7)13(12-8(2)19-21-16(12)24)9-3-5-10(6-4-9)14(17)22/h3-6,13H,1-2H3,(H2,17,22)(H2,18,20,23)(H2,19,21,24). The molecular formula is C16H17N5O3. The first-order chi connectivity index (χ1) is 11.4. The van der Waals surface area contributed by atoms with Gasteiger partial charge in [0.05, 0.1) is 11.1 Å². The number of nitrogens with one attached hydrogen (secondary N) is 4. The van der Waals surface area contributed by atoms with E-state index in [0.29, 0.717) is 33.6 Å². The maximum Gasteiger partial charge on any atom is 0.268 e. The van der Waals surface area contributed by atoms with Crippen LogP contribution in [0.4, 0.5) is 0 Å². The van der Waals surface area contributed by atoms with Crippen LogP contribution >= 0.6 is 0 Å². The fourth-order valence-corrected chi connectivity index (χ4v) is 2.92. The Kier molecular flexibility index (Phi) is 3.72. The molecule has 2 aromatic heterocycles. The van der Waals surface area contributed by atoms with Gasteiger partial charge in [0.25, 0.3) is 11.1 Å². The number of H-pyrrole nitrogens is 4. The fourth-order valence-electron chi connectivity index (χ4n) is 2.92.